The Morgan fingerprint density at radius 1 is 0.871 bits per heavy atom. The summed E-state index contributed by atoms with van der Waals surface area (Å²) >= 11 is 0. The van der Waals surface area contributed by atoms with E-state index in [1.165, 1.54) is 5.56 Å². The van der Waals surface area contributed by atoms with Gasteiger partial charge in [-0.25, -0.2) is 0 Å². The minimum absolute atomic E-state index is 0.146. The highest BCUT2D eigenvalue weighted by Crippen LogP contribution is 2.24. The summed E-state index contributed by atoms with van der Waals surface area (Å²) in [5.41, 5.74) is 4.30. The monoisotopic (exact) mass is 414 g/mol. The van der Waals surface area contributed by atoms with E-state index in [1.807, 2.05) is 53.4 Å². The number of nitrogens with zero attached hydrogens (tertiary/aromatic N) is 1. The first-order valence-electron chi connectivity index (χ1n) is 11.1. The first-order chi connectivity index (χ1) is 15.3. The van der Waals surface area contributed by atoms with Crippen LogP contribution in [0.3, 0.4) is 0 Å². The Kier molecular flexibility index (Phi) is 7.35. The molecule has 4 rings (SSSR count). The third-order valence-corrected chi connectivity index (χ3v) is 5.68. The molecule has 160 valence electrons. The lowest BCUT2D eigenvalue weighted by Crippen LogP contribution is -2.36. The molecule has 31 heavy (non-hydrogen) atoms. The van der Waals surface area contributed by atoms with E-state index in [4.69, 9.17) is 4.74 Å². The lowest BCUT2D eigenvalue weighted by Gasteiger charge is -2.25. The van der Waals surface area contributed by atoms with E-state index in [0.717, 1.165) is 49.2 Å². The average molecular weight is 415 g/mol. The van der Waals surface area contributed by atoms with Crippen LogP contribution in [0.5, 0.6) is 0 Å². The number of nitrogens with one attached hydrogen (secondary N) is 1. The van der Waals surface area contributed by atoms with Gasteiger partial charge in [-0.15, -0.1) is 0 Å². The second-order valence-corrected chi connectivity index (χ2v) is 8.01. The third-order valence-electron chi connectivity index (χ3n) is 5.68. The van der Waals surface area contributed by atoms with Crippen LogP contribution in [-0.2, 0) is 22.6 Å². The summed E-state index contributed by atoms with van der Waals surface area (Å²) in [5, 5.41) is 3.48. The van der Waals surface area contributed by atoms with Crippen LogP contribution in [0.25, 0.3) is 0 Å². The van der Waals surface area contributed by atoms with E-state index in [9.17, 15) is 4.79 Å². The van der Waals surface area contributed by atoms with Crippen molar-refractivity contribution in [3.05, 3.63) is 102 Å². The van der Waals surface area contributed by atoms with Gasteiger partial charge in [-0.1, -0.05) is 72.8 Å². The highest BCUT2D eigenvalue weighted by molar-refractivity contribution is 5.86. The van der Waals surface area contributed by atoms with Gasteiger partial charge >= 0.3 is 0 Å². The van der Waals surface area contributed by atoms with Gasteiger partial charge in [-0.3, -0.25) is 4.79 Å². The van der Waals surface area contributed by atoms with Gasteiger partial charge in [0, 0.05) is 18.8 Å². The lowest BCUT2D eigenvalue weighted by molar-refractivity contribution is -0.131. The minimum atomic E-state index is -0.381. The van der Waals surface area contributed by atoms with Gasteiger partial charge in [0.15, 0.2) is 0 Å². The van der Waals surface area contributed by atoms with Crippen molar-refractivity contribution >= 4 is 11.6 Å². The maximum Gasteiger partial charge on any atom is 0.249 e. The van der Waals surface area contributed by atoms with E-state index >= 15 is 0 Å². The van der Waals surface area contributed by atoms with Crippen molar-refractivity contribution in [1.29, 1.82) is 0 Å². The van der Waals surface area contributed by atoms with Crippen molar-refractivity contribution in [2.75, 3.05) is 25.0 Å². The Balaban J connectivity index is 1.39. The van der Waals surface area contributed by atoms with E-state index in [-0.39, 0.29) is 11.9 Å². The second-order valence-electron chi connectivity index (χ2n) is 8.01. The number of amides is 1. The molecule has 0 bridgehead atoms. The maximum absolute atomic E-state index is 13.2. The summed E-state index contributed by atoms with van der Waals surface area (Å²) in [6.07, 6.45) is 3.07. The molecule has 0 saturated carbocycles. The number of hydrogen-bond acceptors (Lipinski definition) is 3. The lowest BCUT2D eigenvalue weighted by atomic mass is 10.0. The molecule has 1 N–H and O–H groups in total. The fourth-order valence-corrected chi connectivity index (χ4v) is 4.00. The molecule has 1 atom stereocenters. The smallest absolute Gasteiger partial charge is 0.249 e. The molecule has 1 aliphatic rings. The molecule has 3 aromatic carbocycles. The van der Waals surface area contributed by atoms with Gasteiger partial charge in [-0.2, -0.15) is 0 Å². The molecular weight excluding hydrogens is 384 g/mol. The van der Waals surface area contributed by atoms with Crippen molar-refractivity contribution in [3.8, 4) is 0 Å². The van der Waals surface area contributed by atoms with Crippen LogP contribution >= 0.6 is 0 Å². The molecule has 1 amide bonds. The van der Waals surface area contributed by atoms with E-state index < -0.39 is 0 Å². The van der Waals surface area contributed by atoms with Gasteiger partial charge in [0.05, 0.1) is 13.2 Å². The molecular formula is C27H30N2O2. The van der Waals surface area contributed by atoms with Crippen LogP contribution in [0.15, 0.2) is 84.9 Å². The number of benzene rings is 3. The van der Waals surface area contributed by atoms with Gasteiger partial charge in [0.1, 0.15) is 6.04 Å². The van der Waals surface area contributed by atoms with E-state index in [2.05, 4.69) is 41.7 Å². The summed E-state index contributed by atoms with van der Waals surface area (Å²) in [7, 11) is 0. The molecule has 0 aromatic heterocycles. The number of carbonyl (C=O) groups is 1. The quantitative estimate of drug-likeness (QED) is 0.488. The molecule has 4 heteroatoms. The fraction of sp³-hybridized carbons (Fsp3) is 0.296. The van der Waals surface area contributed by atoms with Crippen molar-refractivity contribution < 1.29 is 9.53 Å². The van der Waals surface area contributed by atoms with Crippen molar-refractivity contribution in [2.45, 2.75) is 31.9 Å². The number of rotatable bonds is 9. The predicted molar refractivity (Wildman–Crippen MR) is 125 cm³/mol. The molecule has 0 spiro atoms. The Morgan fingerprint density at radius 2 is 1.55 bits per heavy atom. The molecule has 1 saturated heterocycles. The zero-order valence-electron chi connectivity index (χ0n) is 17.9. The van der Waals surface area contributed by atoms with Gasteiger partial charge in [0.2, 0.25) is 5.91 Å². The van der Waals surface area contributed by atoms with Crippen LogP contribution in [0.2, 0.25) is 0 Å². The number of anilines is 1. The normalized spacial score (nSPS) is 14.4. The topological polar surface area (TPSA) is 41.6 Å². The number of ether oxygens (including phenoxy) is 1. The molecule has 4 nitrogen and oxygen atoms in total. The predicted octanol–water partition coefficient (Wildman–Crippen LogP) is 5.22. The first kappa shape index (κ1) is 21.1. The summed E-state index contributed by atoms with van der Waals surface area (Å²) in [6.45, 7) is 2.93. The summed E-state index contributed by atoms with van der Waals surface area (Å²) < 4.78 is 5.89. The molecule has 0 aliphatic carbocycles. The van der Waals surface area contributed by atoms with Crippen LogP contribution < -0.4 is 5.32 Å². The summed E-state index contributed by atoms with van der Waals surface area (Å²) in [5.74, 6) is 0.146. The van der Waals surface area contributed by atoms with Crippen LogP contribution in [-0.4, -0.2) is 30.5 Å². The Hall–Kier alpha value is -3.11. The van der Waals surface area contributed by atoms with E-state index in [0.29, 0.717) is 13.2 Å². The van der Waals surface area contributed by atoms with Crippen LogP contribution in [0, 0.1) is 0 Å². The third kappa shape index (κ3) is 5.96. The first-order valence-corrected chi connectivity index (χ1v) is 11.1. The molecule has 1 fully saturated rings. The van der Waals surface area contributed by atoms with E-state index in [1.54, 1.807) is 0 Å². The van der Waals surface area contributed by atoms with Gasteiger partial charge in [0.25, 0.3) is 0 Å². The highest BCUT2D eigenvalue weighted by atomic mass is 16.5. The van der Waals surface area contributed by atoms with Crippen molar-refractivity contribution in [2.24, 2.45) is 0 Å². The minimum Gasteiger partial charge on any atom is -0.376 e. The largest absolute Gasteiger partial charge is 0.376 e. The second kappa shape index (κ2) is 10.8. The van der Waals surface area contributed by atoms with Crippen LogP contribution in [0.1, 0.15) is 35.6 Å². The number of carbonyl (C=O) groups excluding carboxylic acids is 1. The Labute approximate surface area is 184 Å². The number of likely N-dealkylation sites (tertiary alicyclic amines) is 1. The SMILES string of the molecule is O=C(C(Nc1cccc(COCCc2ccccc2)c1)c1ccccc1)N1CCCC1. The average Bonchev–Trinajstić information content (AvgIpc) is 3.37. The van der Waals surface area contributed by atoms with Gasteiger partial charge < -0.3 is 15.0 Å². The van der Waals surface area contributed by atoms with Gasteiger partial charge in [-0.05, 0) is 48.1 Å². The maximum atomic E-state index is 13.2. The molecule has 1 heterocycles. The fourth-order valence-electron chi connectivity index (χ4n) is 4.00. The molecule has 0 radical (unpaired) electrons. The zero-order valence-corrected chi connectivity index (χ0v) is 17.9. The highest BCUT2D eigenvalue weighted by Gasteiger charge is 2.27. The van der Waals surface area contributed by atoms with Crippen molar-refractivity contribution in [3.63, 3.8) is 0 Å². The number of hydrogen-bond donors (Lipinski definition) is 1. The Bertz CT molecular complexity index is 953. The summed E-state index contributed by atoms with van der Waals surface area (Å²) in [4.78, 5) is 15.2. The summed E-state index contributed by atoms with van der Waals surface area (Å²) in [6, 6.07) is 28.1. The molecule has 1 aliphatic heterocycles. The van der Waals surface area contributed by atoms with Crippen LogP contribution in [0.4, 0.5) is 5.69 Å². The zero-order chi connectivity index (χ0) is 21.3. The molecule has 1 unspecified atom stereocenters. The van der Waals surface area contributed by atoms with Crippen molar-refractivity contribution in [1.82, 2.24) is 4.90 Å². The standard InChI is InChI=1S/C27H30N2O2/c30-27(29-17-7-8-18-29)26(24-13-5-2-6-14-24)28-25-15-9-12-23(20-25)21-31-19-16-22-10-3-1-4-11-22/h1-6,9-15,20,26,28H,7-8,16-19,21H2. The Morgan fingerprint density at radius 3 is 2.29 bits per heavy atom. The molecule has 3 aromatic rings.